The number of hydrogen-bond donors (Lipinski definition) is 1. The quantitative estimate of drug-likeness (QED) is 0.193. The molecule has 0 aliphatic heterocycles. The van der Waals surface area contributed by atoms with Crippen molar-refractivity contribution in [1.29, 1.82) is 5.26 Å². The molecule has 0 atom stereocenters. The number of nitrogens with one attached hydrogen (secondary N) is 1. The van der Waals surface area contributed by atoms with Crippen LogP contribution in [0.3, 0.4) is 0 Å². The van der Waals surface area contributed by atoms with Crippen LogP contribution >= 0.6 is 38.5 Å². The smallest absolute Gasteiger partial charge is 0.174 e. The van der Waals surface area contributed by atoms with Gasteiger partial charge in [0.2, 0.25) is 0 Å². The van der Waals surface area contributed by atoms with E-state index in [0.29, 0.717) is 29.5 Å². The zero-order valence-electron chi connectivity index (χ0n) is 17.4. The molecule has 0 saturated heterocycles. The minimum Gasteiger partial charge on any atom is -0.493 e. The van der Waals surface area contributed by atoms with E-state index in [2.05, 4.69) is 54.6 Å². The van der Waals surface area contributed by atoms with Crippen molar-refractivity contribution < 1.29 is 9.47 Å². The molecule has 4 rings (SSSR count). The van der Waals surface area contributed by atoms with Crippen LogP contribution in [0.5, 0.6) is 11.5 Å². The standard InChI is InChI=1S/C25H19BrIN3O2/c1-15-3-8-21-22(9-15)30-25(29-21)18(13-28)10-17-11-20(27)24(23(12-17)31-2)32-14-16-4-6-19(26)7-5-16/h3-12H,14H2,1-2H3,(H,29,30)/b18-10-. The van der Waals surface area contributed by atoms with Crippen LogP contribution in [0.4, 0.5) is 0 Å². The summed E-state index contributed by atoms with van der Waals surface area (Å²) in [4.78, 5) is 7.81. The molecular formula is C25H19BrIN3O2. The molecule has 0 bridgehead atoms. The molecule has 160 valence electrons. The number of methoxy groups -OCH3 is 1. The highest BCUT2D eigenvalue weighted by atomic mass is 127. The molecule has 3 aromatic carbocycles. The zero-order valence-corrected chi connectivity index (χ0v) is 21.2. The summed E-state index contributed by atoms with van der Waals surface area (Å²) in [7, 11) is 1.61. The Morgan fingerprint density at radius 3 is 2.69 bits per heavy atom. The van der Waals surface area contributed by atoms with Gasteiger partial charge in [-0.05, 0) is 88.7 Å². The van der Waals surface area contributed by atoms with Gasteiger partial charge in [0.05, 0.1) is 27.3 Å². The topological polar surface area (TPSA) is 70.9 Å². The van der Waals surface area contributed by atoms with Gasteiger partial charge < -0.3 is 14.5 Å². The third-order valence-corrected chi connectivity index (χ3v) is 6.20. The first-order valence-corrected chi connectivity index (χ1v) is 11.7. The molecule has 7 heteroatoms. The van der Waals surface area contributed by atoms with E-state index in [-0.39, 0.29) is 0 Å². The number of imidazole rings is 1. The number of nitrogens with zero attached hydrogens (tertiary/aromatic N) is 2. The molecule has 1 N–H and O–H groups in total. The van der Waals surface area contributed by atoms with E-state index in [1.54, 1.807) is 13.2 Å². The molecule has 5 nitrogen and oxygen atoms in total. The lowest BCUT2D eigenvalue weighted by atomic mass is 10.1. The molecule has 0 aliphatic rings. The predicted molar refractivity (Wildman–Crippen MR) is 138 cm³/mol. The molecule has 0 saturated carbocycles. The molecule has 0 unspecified atom stereocenters. The van der Waals surface area contributed by atoms with Gasteiger partial charge in [0, 0.05) is 4.47 Å². The Morgan fingerprint density at radius 1 is 1.19 bits per heavy atom. The van der Waals surface area contributed by atoms with Crippen molar-refractivity contribution in [3.8, 4) is 17.6 Å². The van der Waals surface area contributed by atoms with E-state index in [4.69, 9.17) is 9.47 Å². The number of benzene rings is 3. The molecule has 0 aliphatic carbocycles. The van der Waals surface area contributed by atoms with Crippen LogP contribution in [0.1, 0.15) is 22.5 Å². The summed E-state index contributed by atoms with van der Waals surface area (Å²) >= 11 is 5.67. The Labute approximate surface area is 208 Å². The first-order chi connectivity index (χ1) is 15.5. The number of hydrogen-bond acceptors (Lipinski definition) is 4. The van der Waals surface area contributed by atoms with Crippen LogP contribution in [0.25, 0.3) is 22.7 Å². The highest BCUT2D eigenvalue weighted by Gasteiger charge is 2.14. The maximum atomic E-state index is 9.76. The van der Waals surface area contributed by atoms with Gasteiger partial charge in [-0.2, -0.15) is 5.26 Å². The maximum absolute atomic E-state index is 9.76. The summed E-state index contributed by atoms with van der Waals surface area (Å²) in [5.74, 6) is 1.82. The second-order valence-corrected chi connectivity index (χ2v) is 9.30. The minimum absolute atomic E-state index is 0.427. The molecule has 32 heavy (non-hydrogen) atoms. The summed E-state index contributed by atoms with van der Waals surface area (Å²) in [5.41, 5.74) is 5.20. The Morgan fingerprint density at radius 2 is 1.97 bits per heavy atom. The van der Waals surface area contributed by atoms with Crippen molar-refractivity contribution in [2.24, 2.45) is 0 Å². The normalized spacial score (nSPS) is 11.4. The lowest BCUT2D eigenvalue weighted by Crippen LogP contribution is -2.00. The second-order valence-electron chi connectivity index (χ2n) is 7.23. The first kappa shape index (κ1) is 22.4. The molecule has 1 aromatic heterocycles. The fraction of sp³-hybridized carbons (Fsp3) is 0.120. The van der Waals surface area contributed by atoms with E-state index in [9.17, 15) is 5.26 Å². The summed E-state index contributed by atoms with van der Waals surface area (Å²) in [5, 5.41) is 9.76. The fourth-order valence-electron chi connectivity index (χ4n) is 3.27. The summed E-state index contributed by atoms with van der Waals surface area (Å²) in [6.07, 6.45) is 1.80. The summed E-state index contributed by atoms with van der Waals surface area (Å²) in [6, 6.07) is 20.0. The largest absolute Gasteiger partial charge is 0.493 e. The Bertz CT molecular complexity index is 1350. The Kier molecular flexibility index (Phi) is 6.82. The van der Waals surface area contributed by atoms with Gasteiger partial charge in [-0.25, -0.2) is 4.98 Å². The van der Waals surface area contributed by atoms with Crippen molar-refractivity contribution in [3.05, 3.63) is 85.2 Å². The number of aryl methyl sites for hydroxylation is 1. The van der Waals surface area contributed by atoms with Gasteiger partial charge in [-0.1, -0.05) is 34.1 Å². The number of aromatic nitrogens is 2. The maximum Gasteiger partial charge on any atom is 0.174 e. The summed E-state index contributed by atoms with van der Waals surface area (Å²) < 4.78 is 13.6. The number of nitriles is 1. The molecule has 1 heterocycles. The average molecular weight is 600 g/mol. The van der Waals surface area contributed by atoms with Crippen molar-refractivity contribution in [3.63, 3.8) is 0 Å². The number of allylic oxidation sites excluding steroid dienone is 1. The molecule has 0 fully saturated rings. The number of fused-ring (bicyclic) bond motifs is 1. The molecular weight excluding hydrogens is 581 g/mol. The van der Waals surface area contributed by atoms with Crippen LogP contribution in [-0.2, 0) is 6.61 Å². The van der Waals surface area contributed by atoms with Crippen molar-refractivity contribution in [2.75, 3.05) is 7.11 Å². The minimum atomic E-state index is 0.427. The lowest BCUT2D eigenvalue weighted by Gasteiger charge is -2.14. The van der Waals surface area contributed by atoms with Gasteiger partial charge in [-0.3, -0.25) is 0 Å². The van der Waals surface area contributed by atoms with Crippen LogP contribution < -0.4 is 9.47 Å². The number of rotatable bonds is 6. The third kappa shape index (κ3) is 4.97. The van der Waals surface area contributed by atoms with E-state index in [0.717, 1.165) is 35.8 Å². The van der Waals surface area contributed by atoms with Gasteiger partial charge in [0.15, 0.2) is 11.5 Å². The van der Waals surface area contributed by atoms with Crippen molar-refractivity contribution in [1.82, 2.24) is 9.97 Å². The van der Waals surface area contributed by atoms with Crippen molar-refractivity contribution >= 4 is 61.2 Å². The molecule has 4 aromatic rings. The van der Waals surface area contributed by atoms with E-state index < -0.39 is 0 Å². The van der Waals surface area contributed by atoms with E-state index in [1.807, 2.05) is 61.5 Å². The third-order valence-electron chi connectivity index (χ3n) is 4.87. The summed E-state index contributed by atoms with van der Waals surface area (Å²) in [6.45, 7) is 2.45. The predicted octanol–water partition coefficient (Wildman–Crippen LogP) is 6.89. The Hall–Kier alpha value is -2.83. The van der Waals surface area contributed by atoms with E-state index >= 15 is 0 Å². The van der Waals surface area contributed by atoms with Crippen LogP contribution in [0.15, 0.2) is 59.1 Å². The molecule has 0 spiro atoms. The van der Waals surface area contributed by atoms with Crippen LogP contribution in [0, 0.1) is 21.8 Å². The second kappa shape index (κ2) is 9.76. The van der Waals surface area contributed by atoms with Gasteiger partial charge in [0.25, 0.3) is 0 Å². The monoisotopic (exact) mass is 599 g/mol. The molecule has 0 amide bonds. The van der Waals surface area contributed by atoms with Crippen LogP contribution in [-0.4, -0.2) is 17.1 Å². The zero-order chi connectivity index (χ0) is 22.7. The highest BCUT2D eigenvalue weighted by Crippen LogP contribution is 2.35. The average Bonchev–Trinajstić information content (AvgIpc) is 3.20. The number of ether oxygens (including phenoxy) is 2. The van der Waals surface area contributed by atoms with Gasteiger partial charge >= 0.3 is 0 Å². The van der Waals surface area contributed by atoms with Gasteiger partial charge in [0.1, 0.15) is 18.5 Å². The number of aromatic amines is 1. The first-order valence-electron chi connectivity index (χ1n) is 9.80. The number of halogens is 2. The van der Waals surface area contributed by atoms with E-state index in [1.165, 1.54) is 0 Å². The Balaban J connectivity index is 1.63. The lowest BCUT2D eigenvalue weighted by molar-refractivity contribution is 0.282. The SMILES string of the molecule is COc1cc(/C=C(/C#N)c2nc3ccc(C)cc3[nH]2)cc(I)c1OCc1ccc(Br)cc1. The van der Waals surface area contributed by atoms with Gasteiger partial charge in [-0.15, -0.1) is 0 Å². The highest BCUT2D eigenvalue weighted by molar-refractivity contribution is 14.1. The number of H-pyrrole nitrogens is 1. The van der Waals surface area contributed by atoms with Crippen molar-refractivity contribution in [2.45, 2.75) is 13.5 Å². The van der Waals surface area contributed by atoms with Crippen LogP contribution in [0.2, 0.25) is 0 Å². The molecule has 0 radical (unpaired) electrons. The fourth-order valence-corrected chi connectivity index (χ4v) is 4.32.